The Balaban J connectivity index is 2.05. The second-order valence-electron chi connectivity index (χ2n) is 5.30. The fourth-order valence-electron chi connectivity index (χ4n) is 2.52. The Hall–Kier alpha value is -2.59. The summed E-state index contributed by atoms with van der Waals surface area (Å²) in [4.78, 5) is 12.3. The van der Waals surface area contributed by atoms with Crippen LogP contribution in [-0.2, 0) is 6.54 Å². The molecule has 0 aliphatic carbocycles. The van der Waals surface area contributed by atoms with Gasteiger partial charge in [-0.25, -0.2) is 4.39 Å². The molecular weight excluding hydrogens is 329 g/mol. The highest BCUT2D eigenvalue weighted by Gasteiger charge is 2.10. The van der Waals surface area contributed by atoms with E-state index in [1.807, 2.05) is 30.3 Å². The van der Waals surface area contributed by atoms with Crippen LogP contribution in [0.25, 0.3) is 11.3 Å². The first-order valence-corrected chi connectivity index (χ1v) is 7.74. The molecule has 3 rings (SSSR count). The molecule has 3 aromatic rings. The largest absolute Gasteiger partial charge is 0.497 e. The van der Waals surface area contributed by atoms with Crippen molar-refractivity contribution in [1.82, 2.24) is 4.57 Å². The molecule has 2 aromatic carbocycles. The number of aromatic nitrogens is 1. The van der Waals surface area contributed by atoms with E-state index in [0.29, 0.717) is 10.6 Å². The summed E-state index contributed by atoms with van der Waals surface area (Å²) in [5, 5.41) is 0.298. The molecule has 0 N–H and O–H groups in total. The molecule has 0 unspecified atom stereocenters. The van der Waals surface area contributed by atoms with Crippen molar-refractivity contribution in [2.45, 2.75) is 6.54 Å². The van der Waals surface area contributed by atoms with Crippen LogP contribution in [-0.4, -0.2) is 11.7 Å². The lowest BCUT2D eigenvalue weighted by molar-refractivity contribution is 0.415. The van der Waals surface area contributed by atoms with E-state index < -0.39 is 5.82 Å². The van der Waals surface area contributed by atoms with Gasteiger partial charge in [-0.2, -0.15) is 0 Å². The summed E-state index contributed by atoms with van der Waals surface area (Å²) >= 11 is 6.10. The molecule has 0 atom stereocenters. The van der Waals surface area contributed by atoms with Crippen molar-refractivity contribution in [3.8, 4) is 17.0 Å². The van der Waals surface area contributed by atoms with Crippen molar-refractivity contribution in [1.29, 1.82) is 0 Å². The van der Waals surface area contributed by atoms with Gasteiger partial charge in [-0.15, -0.1) is 0 Å². The molecule has 24 heavy (non-hydrogen) atoms. The van der Waals surface area contributed by atoms with Crippen molar-refractivity contribution < 1.29 is 9.13 Å². The van der Waals surface area contributed by atoms with E-state index in [2.05, 4.69) is 0 Å². The smallest absolute Gasteiger partial charge is 0.251 e. The fraction of sp³-hybridized carbons (Fsp3) is 0.105. The quantitative estimate of drug-likeness (QED) is 0.704. The molecule has 0 amide bonds. The van der Waals surface area contributed by atoms with Crippen LogP contribution >= 0.6 is 11.6 Å². The maximum atomic E-state index is 13.2. The highest BCUT2D eigenvalue weighted by Crippen LogP contribution is 2.24. The zero-order chi connectivity index (χ0) is 17.1. The molecule has 0 bridgehead atoms. The number of halogens is 2. The average molecular weight is 344 g/mol. The maximum Gasteiger partial charge on any atom is 0.251 e. The Morgan fingerprint density at radius 3 is 2.50 bits per heavy atom. The molecule has 0 saturated carbocycles. The molecule has 0 aliphatic heterocycles. The molecule has 0 spiro atoms. The van der Waals surface area contributed by atoms with E-state index in [9.17, 15) is 9.18 Å². The van der Waals surface area contributed by atoms with Gasteiger partial charge in [-0.3, -0.25) is 4.79 Å². The summed E-state index contributed by atoms with van der Waals surface area (Å²) in [6.45, 7) is 0.264. The van der Waals surface area contributed by atoms with E-state index in [0.717, 1.165) is 17.0 Å². The van der Waals surface area contributed by atoms with Crippen LogP contribution in [0.2, 0.25) is 5.02 Å². The van der Waals surface area contributed by atoms with Gasteiger partial charge in [0.25, 0.3) is 5.56 Å². The van der Waals surface area contributed by atoms with Gasteiger partial charge in [0.05, 0.1) is 19.3 Å². The number of benzene rings is 2. The Kier molecular flexibility index (Phi) is 4.67. The number of rotatable bonds is 4. The Labute approximate surface area is 143 Å². The minimum absolute atomic E-state index is 0.149. The summed E-state index contributed by atoms with van der Waals surface area (Å²) in [5.74, 6) is 0.338. The lowest BCUT2D eigenvalue weighted by Gasteiger charge is -2.14. The third kappa shape index (κ3) is 3.34. The number of hydrogen-bond donors (Lipinski definition) is 0. The molecular formula is C19H15ClFNO2. The van der Waals surface area contributed by atoms with Crippen LogP contribution in [0.15, 0.2) is 65.5 Å². The standard InChI is InChI=1S/C19H15ClFNO2/c1-24-16-9-6-13(7-10-16)18-3-2-4-19(23)22(18)12-14-5-8-15(21)11-17(14)20/h2-11H,12H2,1H3. The summed E-state index contributed by atoms with van der Waals surface area (Å²) in [6.07, 6.45) is 0. The molecule has 1 heterocycles. The second kappa shape index (κ2) is 6.89. The first-order valence-electron chi connectivity index (χ1n) is 7.36. The van der Waals surface area contributed by atoms with Crippen LogP contribution in [0.3, 0.4) is 0 Å². The zero-order valence-electron chi connectivity index (χ0n) is 13.0. The minimum Gasteiger partial charge on any atom is -0.497 e. The van der Waals surface area contributed by atoms with E-state index in [1.54, 1.807) is 23.8 Å². The summed E-state index contributed by atoms with van der Waals surface area (Å²) < 4.78 is 20.0. The summed E-state index contributed by atoms with van der Waals surface area (Å²) in [6, 6.07) is 16.7. The van der Waals surface area contributed by atoms with E-state index in [4.69, 9.17) is 16.3 Å². The van der Waals surface area contributed by atoms with Gasteiger partial charge in [0.15, 0.2) is 0 Å². The Morgan fingerprint density at radius 2 is 1.83 bits per heavy atom. The van der Waals surface area contributed by atoms with Crippen molar-refractivity contribution in [3.63, 3.8) is 0 Å². The monoisotopic (exact) mass is 343 g/mol. The van der Waals surface area contributed by atoms with E-state index in [-0.39, 0.29) is 12.1 Å². The molecule has 1 aromatic heterocycles. The molecule has 0 radical (unpaired) electrons. The molecule has 0 fully saturated rings. The molecule has 122 valence electrons. The number of hydrogen-bond acceptors (Lipinski definition) is 2. The van der Waals surface area contributed by atoms with Gasteiger partial charge in [-0.1, -0.05) is 23.7 Å². The van der Waals surface area contributed by atoms with E-state index >= 15 is 0 Å². The number of pyridine rings is 1. The van der Waals surface area contributed by atoms with Gasteiger partial charge >= 0.3 is 0 Å². The molecule has 0 aliphatic rings. The number of nitrogens with zero attached hydrogens (tertiary/aromatic N) is 1. The van der Waals surface area contributed by atoms with Gasteiger partial charge in [0.1, 0.15) is 11.6 Å². The third-order valence-electron chi connectivity index (χ3n) is 3.78. The lowest BCUT2D eigenvalue weighted by Crippen LogP contribution is -2.21. The topological polar surface area (TPSA) is 31.2 Å². The van der Waals surface area contributed by atoms with Crippen molar-refractivity contribution >= 4 is 11.6 Å². The first kappa shape index (κ1) is 16.3. The van der Waals surface area contributed by atoms with Crippen LogP contribution in [0, 0.1) is 5.82 Å². The summed E-state index contributed by atoms with van der Waals surface area (Å²) in [5.41, 5.74) is 2.17. The van der Waals surface area contributed by atoms with Gasteiger partial charge in [0.2, 0.25) is 0 Å². The van der Waals surface area contributed by atoms with Crippen molar-refractivity contribution in [2.24, 2.45) is 0 Å². The molecule has 5 heteroatoms. The van der Waals surface area contributed by atoms with Gasteiger partial charge in [-0.05, 0) is 53.6 Å². The predicted octanol–water partition coefficient (Wildman–Crippen LogP) is 4.36. The van der Waals surface area contributed by atoms with Gasteiger partial charge < -0.3 is 9.30 Å². The zero-order valence-corrected chi connectivity index (χ0v) is 13.8. The fourth-order valence-corrected chi connectivity index (χ4v) is 2.74. The highest BCUT2D eigenvalue weighted by molar-refractivity contribution is 6.31. The van der Waals surface area contributed by atoms with Crippen LogP contribution < -0.4 is 10.3 Å². The first-order chi connectivity index (χ1) is 11.6. The van der Waals surface area contributed by atoms with Crippen molar-refractivity contribution in [3.05, 3.63) is 87.4 Å². The van der Waals surface area contributed by atoms with Crippen molar-refractivity contribution in [2.75, 3.05) is 7.11 Å². The third-order valence-corrected chi connectivity index (χ3v) is 4.13. The maximum absolute atomic E-state index is 13.2. The number of methoxy groups -OCH3 is 1. The lowest BCUT2D eigenvalue weighted by atomic mass is 10.1. The highest BCUT2D eigenvalue weighted by atomic mass is 35.5. The number of ether oxygens (including phenoxy) is 1. The second-order valence-corrected chi connectivity index (χ2v) is 5.71. The van der Waals surface area contributed by atoms with E-state index in [1.165, 1.54) is 18.2 Å². The SMILES string of the molecule is COc1ccc(-c2cccc(=O)n2Cc2ccc(F)cc2Cl)cc1. The normalized spacial score (nSPS) is 10.6. The average Bonchev–Trinajstić information content (AvgIpc) is 2.59. The Bertz CT molecular complexity index is 919. The van der Waals surface area contributed by atoms with Crippen LogP contribution in [0.5, 0.6) is 5.75 Å². The molecule has 0 saturated heterocycles. The van der Waals surface area contributed by atoms with Crippen LogP contribution in [0.4, 0.5) is 4.39 Å². The summed E-state index contributed by atoms with van der Waals surface area (Å²) in [7, 11) is 1.60. The predicted molar refractivity (Wildman–Crippen MR) is 93.2 cm³/mol. The minimum atomic E-state index is -0.403. The van der Waals surface area contributed by atoms with Crippen LogP contribution in [0.1, 0.15) is 5.56 Å². The molecule has 3 nitrogen and oxygen atoms in total. The van der Waals surface area contributed by atoms with Gasteiger partial charge in [0, 0.05) is 11.1 Å². The Morgan fingerprint density at radius 1 is 1.08 bits per heavy atom.